The van der Waals surface area contributed by atoms with Gasteiger partial charge in [-0.05, 0) is 24.1 Å². The van der Waals surface area contributed by atoms with Crippen molar-refractivity contribution in [2.75, 3.05) is 5.32 Å². The van der Waals surface area contributed by atoms with Crippen LogP contribution < -0.4 is 5.32 Å². The lowest BCUT2D eigenvalue weighted by Crippen LogP contribution is -2.11. The molecular weight excluding hydrogens is 324 g/mol. The lowest BCUT2D eigenvalue weighted by Gasteiger charge is -2.02. The fourth-order valence-corrected chi connectivity index (χ4v) is 3.94. The van der Waals surface area contributed by atoms with Crippen LogP contribution in [-0.4, -0.2) is 10.9 Å². The summed E-state index contributed by atoms with van der Waals surface area (Å²) in [4.78, 5) is 17.4. The molecule has 0 radical (unpaired) electrons. The molecule has 0 aliphatic carbocycles. The van der Waals surface area contributed by atoms with E-state index in [2.05, 4.69) is 22.4 Å². The van der Waals surface area contributed by atoms with E-state index < -0.39 is 0 Å². The molecule has 0 fully saturated rings. The Balaban J connectivity index is 1.51. The van der Waals surface area contributed by atoms with Crippen LogP contribution in [0.5, 0.6) is 0 Å². The number of aryl methyl sites for hydroxylation is 1. The fourth-order valence-electron chi connectivity index (χ4n) is 2.05. The van der Waals surface area contributed by atoms with E-state index in [-0.39, 0.29) is 5.91 Å². The number of thiazole rings is 1. The van der Waals surface area contributed by atoms with E-state index in [0.29, 0.717) is 11.6 Å². The fraction of sp³-hybridized carbons (Fsp3) is 0.111. The average Bonchev–Trinajstić information content (AvgIpc) is 3.02. The molecule has 0 bridgehead atoms. The van der Waals surface area contributed by atoms with Gasteiger partial charge in [0, 0.05) is 11.3 Å². The van der Waals surface area contributed by atoms with Gasteiger partial charge in [-0.15, -0.1) is 0 Å². The molecule has 23 heavy (non-hydrogen) atoms. The van der Waals surface area contributed by atoms with Crippen molar-refractivity contribution in [1.82, 2.24) is 4.98 Å². The first-order chi connectivity index (χ1) is 11.3. The van der Waals surface area contributed by atoms with Crippen molar-refractivity contribution in [2.45, 2.75) is 21.9 Å². The summed E-state index contributed by atoms with van der Waals surface area (Å²) in [6.45, 7) is 0. The molecule has 0 aliphatic heterocycles. The first kappa shape index (κ1) is 15.8. The molecule has 0 spiro atoms. The topological polar surface area (TPSA) is 42.0 Å². The van der Waals surface area contributed by atoms with Crippen molar-refractivity contribution in [3.05, 3.63) is 72.4 Å². The van der Waals surface area contributed by atoms with Gasteiger partial charge < -0.3 is 5.32 Å². The molecule has 2 aromatic carbocycles. The highest BCUT2D eigenvalue weighted by molar-refractivity contribution is 8.01. The van der Waals surface area contributed by atoms with Gasteiger partial charge in [-0.3, -0.25) is 4.79 Å². The monoisotopic (exact) mass is 340 g/mol. The number of rotatable bonds is 6. The zero-order valence-corrected chi connectivity index (χ0v) is 14.1. The number of amides is 1. The highest BCUT2D eigenvalue weighted by Gasteiger charge is 2.08. The summed E-state index contributed by atoms with van der Waals surface area (Å²) in [5.74, 6) is -0.000496. The van der Waals surface area contributed by atoms with E-state index in [9.17, 15) is 4.79 Å². The Morgan fingerprint density at radius 2 is 1.74 bits per heavy atom. The van der Waals surface area contributed by atoms with E-state index in [1.54, 1.807) is 18.0 Å². The molecule has 0 saturated heterocycles. The predicted molar refractivity (Wildman–Crippen MR) is 96.1 cm³/mol. The van der Waals surface area contributed by atoms with Crippen LogP contribution in [0.2, 0.25) is 0 Å². The average molecular weight is 340 g/mol. The van der Waals surface area contributed by atoms with E-state index in [4.69, 9.17) is 0 Å². The summed E-state index contributed by atoms with van der Waals surface area (Å²) in [5, 5.41) is 3.53. The van der Waals surface area contributed by atoms with Gasteiger partial charge in [-0.25, -0.2) is 4.98 Å². The maximum absolute atomic E-state index is 12.0. The third kappa shape index (κ3) is 4.94. The molecule has 1 amide bonds. The Morgan fingerprint density at radius 1 is 1.04 bits per heavy atom. The van der Waals surface area contributed by atoms with Crippen molar-refractivity contribution in [1.29, 1.82) is 0 Å². The molecule has 116 valence electrons. The summed E-state index contributed by atoms with van der Waals surface area (Å²) in [7, 11) is 0. The number of nitrogens with one attached hydrogen (secondary N) is 1. The van der Waals surface area contributed by atoms with Crippen molar-refractivity contribution < 1.29 is 4.79 Å². The summed E-state index contributed by atoms with van der Waals surface area (Å²) >= 11 is 3.15. The Bertz CT molecular complexity index is 757. The standard InChI is InChI=1S/C18H16N2OS2/c21-16(12-11-14-7-3-1-4-8-14)20-18-19-13-17(23-18)22-15-9-5-2-6-10-15/h1-10,13H,11-12H2,(H,19,20,21). The Hall–Kier alpha value is -2.11. The van der Waals surface area contributed by atoms with E-state index in [0.717, 1.165) is 15.5 Å². The number of anilines is 1. The molecular formula is C18H16N2OS2. The maximum Gasteiger partial charge on any atom is 0.226 e. The van der Waals surface area contributed by atoms with Gasteiger partial charge in [-0.1, -0.05) is 71.6 Å². The third-order valence-corrected chi connectivity index (χ3v) is 5.20. The van der Waals surface area contributed by atoms with Crippen LogP contribution in [0.15, 0.2) is 76.0 Å². The molecule has 1 heterocycles. The van der Waals surface area contributed by atoms with Gasteiger partial charge in [-0.2, -0.15) is 0 Å². The normalized spacial score (nSPS) is 10.4. The van der Waals surface area contributed by atoms with Crippen molar-refractivity contribution in [3.8, 4) is 0 Å². The minimum absolute atomic E-state index is 0.000496. The minimum Gasteiger partial charge on any atom is -0.302 e. The van der Waals surface area contributed by atoms with E-state index in [1.165, 1.54) is 16.9 Å². The number of carbonyl (C=O) groups excluding carboxylic acids is 1. The minimum atomic E-state index is -0.000496. The molecule has 1 aromatic heterocycles. The predicted octanol–water partition coefficient (Wildman–Crippen LogP) is 4.87. The smallest absolute Gasteiger partial charge is 0.226 e. The van der Waals surface area contributed by atoms with Gasteiger partial charge in [0.2, 0.25) is 5.91 Å². The molecule has 3 nitrogen and oxygen atoms in total. The van der Waals surface area contributed by atoms with Gasteiger partial charge in [0.15, 0.2) is 5.13 Å². The zero-order valence-electron chi connectivity index (χ0n) is 12.4. The van der Waals surface area contributed by atoms with Gasteiger partial charge in [0.05, 0.1) is 10.4 Å². The molecule has 1 N–H and O–H groups in total. The van der Waals surface area contributed by atoms with E-state index in [1.807, 2.05) is 48.5 Å². The molecule has 0 saturated carbocycles. The molecule has 0 aliphatic rings. The van der Waals surface area contributed by atoms with Gasteiger partial charge in [0.25, 0.3) is 0 Å². The Labute approximate surface area is 143 Å². The summed E-state index contributed by atoms with van der Waals surface area (Å²) in [6, 6.07) is 20.1. The lowest BCUT2D eigenvalue weighted by atomic mass is 10.1. The zero-order chi connectivity index (χ0) is 15.9. The quantitative estimate of drug-likeness (QED) is 0.696. The van der Waals surface area contributed by atoms with Crippen LogP contribution in [0.4, 0.5) is 5.13 Å². The number of hydrogen-bond acceptors (Lipinski definition) is 4. The van der Waals surface area contributed by atoms with E-state index >= 15 is 0 Å². The molecule has 3 rings (SSSR count). The van der Waals surface area contributed by atoms with Gasteiger partial charge in [0.1, 0.15) is 0 Å². The highest BCUT2D eigenvalue weighted by Crippen LogP contribution is 2.33. The van der Waals surface area contributed by atoms with Crippen LogP contribution in [0.25, 0.3) is 0 Å². The summed E-state index contributed by atoms with van der Waals surface area (Å²) in [5.41, 5.74) is 1.17. The molecule has 0 unspecified atom stereocenters. The van der Waals surface area contributed by atoms with Crippen LogP contribution in [0.3, 0.4) is 0 Å². The summed E-state index contributed by atoms with van der Waals surface area (Å²) < 4.78 is 1.06. The number of benzene rings is 2. The van der Waals surface area contributed by atoms with Crippen molar-refractivity contribution in [2.24, 2.45) is 0 Å². The number of carbonyl (C=O) groups is 1. The number of nitrogens with zero attached hydrogens (tertiary/aromatic N) is 1. The number of aromatic nitrogens is 1. The highest BCUT2D eigenvalue weighted by atomic mass is 32.2. The SMILES string of the molecule is O=C(CCc1ccccc1)Nc1ncc(Sc2ccccc2)s1. The first-order valence-corrected chi connectivity index (χ1v) is 8.95. The first-order valence-electron chi connectivity index (χ1n) is 7.32. The van der Waals surface area contributed by atoms with Crippen LogP contribution in [0, 0.1) is 0 Å². The third-order valence-electron chi connectivity index (χ3n) is 3.18. The Morgan fingerprint density at radius 3 is 2.48 bits per heavy atom. The lowest BCUT2D eigenvalue weighted by molar-refractivity contribution is -0.116. The maximum atomic E-state index is 12.0. The van der Waals surface area contributed by atoms with Gasteiger partial charge >= 0.3 is 0 Å². The second kappa shape index (κ2) is 7.94. The largest absolute Gasteiger partial charge is 0.302 e. The molecule has 0 atom stereocenters. The van der Waals surface area contributed by atoms with Crippen LogP contribution >= 0.6 is 23.1 Å². The molecule has 3 aromatic rings. The summed E-state index contributed by atoms with van der Waals surface area (Å²) in [6.07, 6.45) is 3.00. The van der Waals surface area contributed by atoms with Crippen molar-refractivity contribution in [3.63, 3.8) is 0 Å². The van der Waals surface area contributed by atoms with Crippen LogP contribution in [0.1, 0.15) is 12.0 Å². The van der Waals surface area contributed by atoms with Crippen molar-refractivity contribution >= 4 is 34.1 Å². The van der Waals surface area contributed by atoms with Crippen LogP contribution in [-0.2, 0) is 11.2 Å². The Kier molecular flexibility index (Phi) is 5.45. The second-order valence-electron chi connectivity index (χ2n) is 4.93. The second-order valence-corrected chi connectivity index (χ2v) is 7.34. The number of hydrogen-bond donors (Lipinski definition) is 1. The molecule has 5 heteroatoms.